The lowest BCUT2D eigenvalue weighted by Gasteiger charge is -2.04. The minimum absolute atomic E-state index is 0.221. The Morgan fingerprint density at radius 2 is 1.59 bits per heavy atom. The van der Waals surface area contributed by atoms with Crippen LogP contribution in [0.2, 0.25) is 0 Å². The van der Waals surface area contributed by atoms with Crippen molar-refractivity contribution >= 4 is 17.5 Å². The van der Waals surface area contributed by atoms with E-state index in [9.17, 15) is 4.79 Å². The zero-order chi connectivity index (χ0) is 12.8. The smallest absolute Gasteiger partial charge is 0.219 e. The van der Waals surface area contributed by atoms with E-state index < -0.39 is 0 Å². The van der Waals surface area contributed by atoms with E-state index in [-0.39, 0.29) is 5.91 Å². The molecule has 0 aromatic rings. The Kier molecular flexibility index (Phi) is 13.6. The van der Waals surface area contributed by atoms with E-state index in [1.54, 1.807) is 0 Å². The molecule has 3 heteroatoms. The van der Waals surface area contributed by atoms with E-state index in [1.807, 2.05) is 0 Å². The van der Waals surface area contributed by atoms with E-state index in [4.69, 9.17) is 11.6 Å². The summed E-state index contributed by atoms with van der Waals surface area (Å²) in [4.78, 5) is 11.4. The topological polar surface area (TPSA) is 29.1 Å². The second-order valence-corrected chi connectivity index (χ2v) is 5.00. The zero-order valence-corrected chi connectivity index (χ0v) is 12.0. The molecule has 0 rings (SSSR count). The SMILES string of the molecule is CCCCCCCC(=O)NCCCCCCCl. The third kappa shape index (κ3) is 13.7. The van der Waals surface area contributed by atoms with Crippen molar-refractivity contribution in [1.82, 2.24) is 5.32 Å². The number of nitrogens with one attached hydrogen (secondary N) is 1. The van der Waals surface area contributed by atoms with Crippen molar-refractivity contribution in [2.75, 3.05) is 12.4 Å². The highest BCUT2D eigenvalue weighted by Crippen LogP contribution is 2.05. The Morgan fingerprint density at radius 3 is 2.29 bits per heavy atom. The molecule has 0 bridgehead atoms. The van der Waals surface area contributed by atoms with Gasteiger partial charge in [0.2, 0.25) is 5.91 Å². The lowest BCUT2D eigenvalue weighted by Crippen LogP contribution is -2.23. The average molecular weight is 262 g/mol. The van der Waals surface area contributed by atoms with Gasteiger partial charge in [0.1, 0.15) is 0 Å². The molecule has 0 spiro atoms. The highest BCUT2D eigenvalue weighted by Gasteiger charge is 1.99. The number of hydrogen-bond donors (Lipinski definition) is 1. The van der Waals surface area contributed by atoms with Crippen LogP contribution in [-0.4, -0.2) is 18.3 Å². The fourth-order valence-corrected chi connectivity index (χ4v) is 1.97. The highest BCUT2D eigenvalue weighted by molar-refractivity contribution is 6.17. The van der Waals surface area contributed by atoms with Crippen LogP contribution in [0.1, 0.15) is 71.1 Å². The molecular formula is C14H28ClNO. The van der Waals surface area contributed by atoms with Crippen molar-refractivity contribution in [3.63, 3.8) is 0 Å². The van der Waals surface area contributed by atoms with E-state index in [2.05, 4.69) is 12.2 Å². The van der Waals surface area contributed by atoms with Crippen LogP contribution in [-0.2, 0) is 4.79 Å². The summed E-state index contributed by atoms with van der Waals surface area (Å²) in [7, 11) is 0. The molecule has 1 N–H and O–H groups in total. The number of unbranched alkanes of at least 4 members (excludes halogenated alkanes) is 7. The summed E-state index contributed by atoms with van der Waals surface area (Å²) in [6.45, 7) is 3.03. The molecular weight excluding hydrogens is 234 g/mol. The Balaban J connectivity index is 3.12. The van der Waals surface area contributed by atoms with E-state index >= 15 is 0 Å². The van der Waals surface area contributed by atoms with E-state index in [0.717, 1.165) is 31.7 Å². The van der Waals surface area contributed by atoms with Crippen LogP contribution in [0.25, 0.3) is 0 Å². The van der Waals surface area contributed by atoms with Crippen LogP contribution in [0.4, 0.5) is 0 Å². The maximum absolute atomic E-state index is 11.4. The van der Waals surface area contributed by atoms with Gasteiger partial charge >= 0.3 is 0 Å². The monoisotopic (exact) mass is 261 g/mol. The normalized spacial score (nSPS) is 10.5. The van der Waals surface area contributed by atoms with Crippen molar-refractivity contribution in [3.05, 3.63) is 0 Å². The summed E-state index contributed by atoms with van der Waals surface area (Å²) in [5.41, 5.74) is 0. The number of halogens is 1. The number of carbonyl (C=O) groups is 1. The molecule has 0 fully saturated rings. The first-order valence-electron chi connectivity index (χ1n) is 7.14. The van der Waals surface area contributed by atoms with Crippen molar-refractivity contribution in [2.24, 2.45) is 0 Å². The van der Waals surface area contributed by atoms with Gasteiger partial charge in [-0.2, -0.15) is 0 Å². The van der Waals surface area contributed by atoms with Gasteiger partial charge in [0.05, 0.1) is 0 Å². The molecule has 0 radical (unpaired) electrons. The molecule has 0 aliphatic heterocycles. The van der Waals surface area contributed by atoms with Gasteiger partial charge < -0.3 is 5.32 Å². The summed E-state index contributed by atoms with van der Waals surface area (Å²) >= 11 is 5.59. The fourth-order valence-electron chi connectivity index (χ4n) is 1.78. The Hall–Kier alpha value is -0.240. The highest BCUT2D eigenvalue weighted by atomic mass is 35.5. The number of alkyl halides is 1. The van der Waals surface area contributed by atoms with Crippen LogP contribution in [0, 0.1) is 0 Å². The second-order valence-electron chi connectivity index (χ2n) is 4.62. The molecule has 0 saturated heterocycles. The van der Waals surface area contributed by atoms with Gasteiger partial charge in [0.25, 0.3) is 0 Å². The number of carbonyl (C=O) groups excluding carboxylic acids is 1. The van der Waals surface area contributed by atoms with Gasteiger partial charge in [-0.15, -0.1) is 11.6 Å². The van der Waals surface area contributed by atoms with Gasteiger partial charge in [-0.1, -0.05) is 45.4 Å². The minimum atomic E-state index is 0.221. The molecule has 0 saturated carbocycles. The predicted molar refractivity (Wildman–Crippen MR) is 75.6 cm³/mol. The van der Waals surface area contributed by atoms with Gasteiger partial charge in [-0.3, -0.25) is 4.79 Å². The molecule has 0 atom stereocenters. The lowest BCUT2D eigenvalue weighted by molar-refractivity contribution is -0.121. The van der Waals surface area contributed by atoms with E-state index in [1.165, 1.54) is 38.5 Å². The predicted octanol–water partition coefficient (Wildman–Crippen LogP) is 4.26. The minimum Gasteiger partial charge on any atom is -0.356 e. The average Bonchev–Trinajstić information content (AvgIpc) is 2.33. The van der Waals surface area contributed by atoms with Crippen molar-refractivity contribution in [1.29, 1.82) is 0 Å². The van der Waals surface area contributed by atoms with Crippen molar-refractivity contribution in [2.45, 2.75) is 71.1 Å². The summed E-state index contributed by atoms with van der Waals surface area (Å²) < 4.78 is 0. The first kappa shape index (κ1) is 16.8. The Morgan fingerprint density at radius 1 is 0.941 bits per heavy atom. The third-order valence-electron chi connectivity index (χ3n) is 2.89. The molecule has 1 amide bonds. The van der Waals surface area contributed by atoms with E-state index in [0.29, 0.717) is 6.42 Å². The quantitative estimate of drug-likeness (QED) is 0.413. The molecule has 0 aromatic carbocycles. The zero-order valence-electron chi connectivity index (χ0n) is 11.3. The fraction of sp³-hybridized carbons (Fsp3) is 0.929. The van der Waals surface area contributed by atoms with Crippen LogP contribution in [0.5, 0.6) is 0 Å². The summed E-state index contributed by atoms with van der Waals surface area (Å²) in [6.07, 6.45) is 11.3. The van der Waals surface area contributed by atoms with Crippen LogP contribution in [0.15, 0.2) is 0 Å². The van der Waals surface area contributed by atoms with Crippen molar-refractivity contribution < 1.29 is 4.79 Å². The number of hydrogen-bond acceptors (Lipinski definition) is 1. The van der Waals surface area contributed by atoms with Gasteiger partial charge in [-0.05, 0) is 19.3 Å². The van der Waals surface area contributed by atoms with Gasteiger partial charge in [-0.25, -0.2) is 0 Å². The van der Waals surface area contributed by atoms with Crippen LogP contribution >= 0.6 is 11.6 Å². The second kappa shape index (κ2) is 13.8. The first-order valence-corrected chi connectivity index (χ1v) is 7.67. The molecule has 17 heavy (non-hydrogen) atoms. The Labute approximate surface area is 111 Å². The first-order chi connectivity index (χ1) is 8.31. The molecule has 0 unspecified atom stereocenters. The molecule has 0 aliphatic rings. The lowest BCUT2D eigenvalue weighted by atomic mass is 10.1. The molecule has 0 aliphatic carbocycles. The molecule has 102 valence electrons. The maximum Gasteiger partial charge on any atom is 0.219 e. The maximum atomic E-state index is 11.4. The van der Waals surface area contributed by atoms with Crippen molar-refractivity contribution in [3.8, 4) is 0 Å². The molecule has 0 aromatic heterocycles. The summed E-state index contributed by atoms with van der Waals surface area (Å²) in [6, 6.07) is 0. The number of amides is 1. The van der Waals surface area contributed by atoms with Crippen LogP contribution in [0.3, 0.4) is 0 Å². The number of rotatable bonds is 12. The van der Waals surface area contributed by atoms with Crippen LogP contribution < -0.4 is 5.32 Å². The Bertz CT molecular complexity index is 174. The van der Waals surface area contributed by atoms with Gasteiger partial charge in [0.15, 0.2) is 0 Å². The largest absolute Gasteiger partial charge is 0.356 e. The summed E-state index contributed by atoms with van der Waals surface area (Å²) in [5, 5.41) is 2.98. The summed E-state index contributed by atoms with van der Waals surface area (Å²) in [5.74, 6) is 0.975. The molecule has 2 nitrogen and oxygen atoms in total. The van der Waals surface area contributed by atoms with Gasteiger partial charge in [0, 0.05) is 18.8 Å². The standard InChI is InChI=1S/C14H28ClNO/c1-2-3-4-5-8-11-14(17)16-13-10-7-6-9-12-15/h2-13H2,1H3,(H,16,17). The molecule has 0 heterocycles. The third-order valence-corrected chi connectivity index (χ3v) is 3.16.